The van der Waals surface area contributed by atoms with Crippen molar-refractivity contribution in [3.05, 3.63) is 65.7 Å². The summed E-state index contributed by atoms with van der Waals surface area (Å²) in [5.41, 5.74) is 0.929. The molecule has 1 atom stereocenters. The van der Waals surface area contributed by atoms with Crippen molar-refractivity contribution in [1.29, 1.82) is 0 Å². The number of nitrogens with one attached hydrogen (secondary N) is 2. The second kappa shape index (κ2) is 8.17. The van der Waals surface area contributed by atoms with Crippen molar-refractivity contribution >= 4 is 15.9 Å². The normalized spacial score (nSPS) is 12.6. The molecule has 0 aliphatic rings. The molecule has 2 aromatic rings. The van der Waals surface area contributed by atoms with Gasteiger partial charge in [-0.25, -0.2) is 21.9 Å². The molecule has 8 heteroatoms. The van der Waals surface area contributed by atoms with Gasteiger partial charge in [-0.2, -0.15) is 0 Å². The summed E-state index contributed by atoms with van der Waals surface area (Å²) < 4.78 is 52.2. The lowest BCUT2D eigenvalue weighted by molar-refractivity contribution is -0.121. The molecule has 1 amide bonds. The van der Waals surface area contributed by atoms with Crippen molar-refractivity contribution in [1.82, 2.24) is 10.0 Å². The molecule has 0 saturated carbocycles. The molecule has 0 aliphatic carbocycles. The van der Waals surface area contributed by atoms with Crippen molar-refractivity contribution in [3.63, 3.8) is 0 Å². The van der Waals surface area contributed by atoms with Crippen molar-refractivity contribution in [2.75, 3.05) is 6.54 Å². The van der Waals surface area contributed by atoms with Crippen LogP contribution in [-0.4, -0.2) is 20.9 Å². The van der Waals surface area contributed by atoms with Gasteiger partial charge in [-0.05, 0) is 30.7 Å². The van der Waals surface area contributed by atoms with Gasteiger partial charge >= 0.3 is 0 Å². The molecule has 5 nitrogen and oxygen atoms in total. The zero-order valence-electron chi connectivity index (χ0n) is 13.5. The maximum atomic E-state index is 13.1. The summed E-state index contributed by atoms with van der Waals surface area (Å²) >= 11 is 0. The number of hydrogen-bond donors (Lipinski definition) is 2. The first-order chi connectivity index (χ1) is 11.8. The summed E-state index contributed by atoms with van der Waals surface area (Å²) in [4.78, 5) is 11.5. The Balaban J connectivity index is 1.86. The topological polar surface area (TPSA) is 75.3 Å². The Kier molecular flexibility index (Phi) is 6.22. The van der Waals surface area contributed by atoms with E-state index >= 15 is 0 Å². The molecule has 0 spiro atoms. The highest BCUT2D eigenvalue weighted by molar-refractivity contribution is 7.89. The van der Waals surface area contributed by atoms with Gasteiger partial charge in [0.2, 0.25) is 15.9 Å². The maximum Gasteiger partial charge on any atom is 0.240 e. The van der Waals surface area contributed by atoms with Gasteiger partial charge in [0, 0.05) is 13.0 Å². The fourth-order valence-electron chi connectivity index (χ4n) is 2.16. The lowest BCUT2D eigenvalue weighted by atomic mass is 10.1. The molecule has 25 heavy (non-hydrogen) atoms. The summed E-state index contributed by atoms with van der Waals surface area (Å²) in [6.45, 7) is 1.66. The van der Waals surface area contributed by atoms with Crippen LogP contribution in [0.15, 0.2) is 53.4 Å². The van der Waals surface area contributed by atoms with E-state index < -0.39 is 26.6 Å². The molecule has 0 fully saturated rings. The third-order valence-corrected chi connectivity index (χ3v) is 4.98. The summed E-state index contributed by atoms with van der Waals surface area (Å²) in [6, 6.07) is 11.4. The lowest BCUT2D eigenvalue weighted by Crippen LogP contribution is -2.32. The van der Waals surface area contributed by atoms with Gasteiger partial charge in [0.25, 0.3) is 0 Å². The lowest BCUT2D eigenvalue weighted by Gasteiger charge is -2.14. The van der Waals surface area contributed by atoms with E-state index in [1.54, 1.807) is 0 Å². The van der Waals surface area contributed by atoms with Crippen LogP contribution in [0.1, 0.15) is 24.9 Å². The molecular weight excluding hydrogens is 350 g/mol. The summed E-state index contributed by atoms with van der Waals surface area (Å²) in [5.74, 6) is -2.71. The summed E-state index contributed by atoms with van der Waals surface area (Å²) in [5, 5.41) is 2.76. The van der Waals surface area contributed by atoms with Gasteiger partial charge in [-0.15, -0.1) is 0 Å². The molecule has 1 unspecified atom stereocenters. The highest BCUT2D eigenvalue weighted by atomic mass is 32.2. The van der Waals surface area contributed by atoms with Crippen LogP contribution in [-0.2, 0) is 14.8 Å². The molecule has 0 aliphatic heterocycles. The van der Waals surface area contributed by atoms with Crippen LogP contribution >= 0.6 is 0 Å². The summed E-state index contributed by atoms with van der Waals surface area (Å²) in [6.07, 6.45) is -0.0833. The Bertz CT molecular complexity index is 842. The van der Waals surface area contributed by atoms with Crippen LogP contribution in [0.3, 0.4) is 0 Å². The molecular formula is C17H18F2N2O3S. The number of amides is 1. The van der Waals surface area contributed by atoms with E-state index in [0.29, 0.717) is 6.07 Å². The van der Waals surface area contributed by atoms with Gasteiger partial charge in [-0.3, -0.25) is 4.79 Å². The fourth-order valence-corrected chi connectivity index (χ4v) is 3.21. The summed E-state index contributed by atoms with van der Waals surface area (Å²) in [7, 11) is -4.01. The van der Waals surface area contributed by atoms with Gasteiger partial charge in [0.15, 0.2) is 11.6 Å². The maximum absolute atomic E-state index is 13.1. The van der Waals surface area contributed by atoms with E-state index in [4.69, 9.17) is 0 Å². The minimum Gasteiger partial charge on any atom is -0.350 e. The largest absolute Gasteiger partial charge is 0.350 e. The average Bonchev–Trinajstić information content (AvgIpc) is 2.57. The van der Waals surface area contributed by atoms with Crippen LogP contribution in [0.5, 0.6) is 0 Å². The first-order valence-corrected chi connectivity index (χ1v) is 9.07. The van der Waals surface area contributed by atoms with Crippen molar-refractivity contribution in [2.45, 2.75) is 24.3 Å². The molecule has 2 rings (SSSR count). The van der Waals surface area contributed by atoms with Crippen molar-refractivity contribution < 1.29 is 22.0 Å². The van der Waals surface area contributed by atoms with Gasteiger partial charge < -0.3 is 5.32 Å². The second-order valence-electron chi connectivity index (χ2n) is 5.42. The molecule has 0 radical (unpaired) electrons. The molecule has 0 saturated heterocycles. The predicted octanol–water partition coefficient (Wildman–Crippen LogP) is 2.51. The molecule has 0 heterocycles. The van der Waals surface area contributed by atoms with Gasteiger partial charge in [0.1, 0.15) is 0 Å². The van der Waals surface area contributed by atoms with E-state index in [2.05, 4.69) is 10.0 Å². The predicted molar refractivity (Wildman–Crippen MR) is 89.2 cm³/mol. The number of carbonyl (C=O) groups is 1. The average molecular weight is 368 g/mol. The third kappa shape index (κ3) is 5.33. The van der Waals surface area contributed by atoms with Crippen LogP contribution in [0.2, 0.25) is 0 Å². The number of hydrogen-bond acceptors (Lipinski definition) is 3. The van der Waals surface area contributed by atoms with Gasteiger partial charge in [-0.1, -0.05) is 30.3 Å². The quantitative estimate of drug-likeness (QED) is 0.789. The van der Waals surface area contributed by atoms with E-state index in [1.165, 1.54) is 0 Å². The van der Waals surface area contributed by atoms with Crippen molar-refractivity contribution in [2.24, 2.45) is 0 Å². The zero-order valence-corrected chi connectivity index (χ0v) is 14.3. The minimum atomic E-state index is -4.01. The highest BCUT2D eigenvalue weighted by Gasteiger charge is 2.17. The number of carbonyl (C=O) groups excluding carboxylic acids is 1. The Morgan fingerprint density at radius 3 is 2.40 bits per heavy atom. The van der Waals surface area contributed by atoms with Crippen LogP contribution in [0.4, 0.5) is 8.78 Å². The Morgan fingerprint density at radius 2 is 1.76 bits per heavy atom. The van der Waals surface area contributed by atoms with E-state index in [9.17, 15) is 22.0 Å². The Labute approximate surface area is 145 Å². The number of rotatable bonds is 7. The molecule has 2 N–H and O–H groups in total. The molecule has 0 aromatic heterocycles. The highest BCUT2D eigenvalue weighted by Crippen LogP contribution is 2.14. The monoisotopic (exact) mass is 368 g/mol. The number of sulfonamides is 1. The van der Waals surface area contributed by atoms with Crippen LogP contribution < -0.4 is 10.0 Å². The number of halogens is 2. The Morgan fingerprint density at radius 1 is 1.08 bits per heavy atom. The molecule has 2 aromatic carbocycles. The van der Waals surface area contributed by atoms with E-state index in [1.807, 2.05) is 37.3 Å². The van der Waals surface area contributed by atoms with E-state index in [0.717, 1.165) is 17.7 Å². The molecule has 0 bridgehead atoms. The smallest absolute Gasteiger partial charge is 0.240 e. The van der Waals surface area contributed by atoms with Crippen LogP contribution in [0.25, 0.3) is 0 Å². The van der Waals surface area contributed by atoms with E-state index in [-0.39, 0.29) is 24.9 Å². The SMILES string of the molecule is CC(NC(=O)CCNS(=O)(=O)c1ccc(F)c(F)c1)c1ccccc1. The van der Waals surface area contributed by atoms with Crippen molar-refractivity contribution in [3.8, 4) is 0 Å². The minimum absolute atomic E-state index is 0.0833. The van der Waals surface area contributed by atoms with Gasteiger partial charge in [0.05, 0.1) is 10.9 Å². The Hall–Kier alpha value is -2.32. The first kappa shape index (κ1) is 19.0. The standard InChI is InChI=1S/C17H18F2N2O3S/c1-12(13-5-3-2-4-6-13)21-17(22)9-10-20-25(23,24)14-7-8-15(18)16(19)11-14/h2-8,11-12,20H,9-10H2,1H3,(H,21,22). The van der Waals surface area contributed by atoms with Crippen LogP contribution in [0, 0.1) is 11.6 Å². The second-order valence-corrected chi connectivity index (χ2v) is 7.19. The zero-order chi connectivity index (χ0) is 18.4. The molecule has 134 valence electrons. The number of benzene rings is 2. The fraction of sp³-hybridized carbons (Fsp3) is 0.235. The third-order valence-electron chi connectivity index (χ3n) is 3.52. The first-order valence-electron chi connectivity index (χ1n) is 7.58.